The topological polar surface area (TPSA) is 43.9 Å². The highest BCUT2D eigenvalue weighted by atomic mass is 16.2. The van der Waals surface area contributed by atoms with Crippen LogP contribution in [0.5, 0.6) is 0 Å². The highest BCUT2D eigenvalue weighted by Crippen LogP contribution is 2.39. The van der Waals surface area contributed by atoms with Gasteiger partial charge in [0.2, 0.25) is 11.8 Å². The quantitative estimate of drug-likeness (QED) is 0.725. The summed E-state index contributed by atoms with van der Waals surface area (Å²) in [5, 5.41) is 0. The molecule has 1 spiro atoms. The third-order valence-electron chi connectivity index (χ3n) is 5.11. The summed E-state index contributed by atoms with van der Waals surface area (Å²) in [5.41, 5.74) is 0.115. The Morgan fingerprint density at radius 3 is 2.78 bits per heavy atom. The standard InChI is InChI=1S/C18H31N3O2/c1-4-5-7-16(22)20-11-6-9-18(14-20)10-8-17(23)21(15-18)13-12-19(2)3/h4-5H,6-15H2,1-3H3/b5-4+/t18-/m0/s1. The Bertz CT molecular complexity index is 461. The van der Waals surface area contributed by atoms with Crippen LogP contribution < -0.4 is 0 Å². The van der Waals surface area contributed by atoms with E-state index in [0.717, 1.165) is 52.0 Å². The lowest BCUT2D eigenvalue weighted by atomic mass is 9.73. The lowest BCUT2D eigenvalue weighted by Crippen LogP contribution is -2.55. The molecule has 2 saturated heterocycles. The molecule has 5 nitrogen and oxygen atoms in total. The van der Waals surface area contributed by atoms with Gasteiger partial charge >= 0.3 is 0 Å². The van der Waals surface area contributed by atoms with Crippen molar-refractivity contribution in [1.82, 2.24) is 14.7 Å². The second kappa shape index (κ2) is 7.95. The molecule has 0 aromatic heterocycles. The number of piperidine rings is 2. The molecule has 0 aromatic rings. The average Bonchev–Trinajstić information content (AvgIpc) is 2.54. The molecular formula is C18H31N3O2. The van der Waals surface area contributed by atoms with Gasteiger partial charge in [-0.25, -0.2) is 0 Å². The maximum Gasteiger partial charge on any atom is 0.226 e. The summed E-state index contributed by atoms with van der Waals surface area (Å²) in [5.74, 6) is 0.494. The van der Waals surface area contributed by atoms with Crippen LogP contribution in [0.3, 0.4) is 0 Å². The van der Waals surface area contributed by atoms with Gasteiger partial charge in [0.25, 0.3) is 0 Å². The molecule has 130 valence electrons. The van der Waals surface area contributed by atoms with Gasteiger partial charge in [0.1, 0.15) is 0 Å². The van der Waals surface area contributed by atoms with Crippen LogP contribution in [-0.4, -0.2) is 73.3 Å². The lowest BCUT2D eigenvalue weighted by molar-refractivity contribution is -0.142. The molecule has 23 heavy (non-hydrogen) atoms. The van der Waals surface area contributed by atoms with Crippen molar-refractivity contribution < 1.29 is 9.59 Å². The highest BCUT2D eigenvalue weighted by Gasteiger charge is 2.42. The number of likely N-dealkylation sites (N-methyl/N-ethyl adjacent to an activating group) is 1. The van der Waals surface area contributed by atoms with Crippen LogP contribution in [0.1, 0.15) is 39.0 Å². The third kappa shape index (κ3) is 4.80. The van der Waals surface area contributed by atoms with Crippen LogP contribution in [0, 0.1) is 5.41 Å². The molecule has 0 aromatic carbocycles. The largest absolute Gasteiger partial charge is 0.342 e. The zero-order valence-corrected chi connectivity index (χ0v) is 14.9. The molecule has 2 amide bonds. The fourth-order valence-electron chi connectivity index (χ4n) is 3.73. The Morgan fingerprint density at radius 1 is 1.30 bits per heavy atom. The zero-order valence-electron chi connectivity index (χ0n) is 14.9. The van der Waals surface area contributed by atoms with Gasteiger partial charge in [-0.15, -0.1) is 0 Å². The zero-order chi connectivity index (χ0) is 16.9. The Balaban J connectivity index is 1.99. The molecular weight excluding hydrogens is 290 g/mol. The fraction of sp³-hybridized carbons (Fsp3) is 0.778. The maximum atomic E-state index is 12.3. The van der Waals surface area contributed by atoms with Crippen molar-refractivity contribution in [2.75, 3.05) is 46.8 Å². The predicted octanol–water partition coefficient (Wildman–Crippen LogP) is 1.75. The number of carbonyl (C=O) groups excluding carboxylic acids is 2. The first-order valence-electron chi connectivity index (χ1n) is 8.77. The fourth-order valence-corrected chi connectivity index (χ4v) is 3.73. The van der Waals surface area contributed by atoms with E-state index >= 15 is 0 Å². The summed E-state index contributed by atoms with van der Waals surface area (Å²) in [7, 11) is 4.07. The van der Waals surface area contributed by atoms with E-state index in [-0.39, 0.29) is 17.2 Å². The number of rotatable bonds is 5. The molecule has 0 saturated carbocycles. The third-order valence-corrected chi connectivity index (χ3v) is 5.11. The molecule has 0 aliphatic carbocycles. The number of hydrogen-bond acceptors (Lipinski definition) is 3. The van der Waals surface area contributed by atoms with Gasteiger partial charge in [-0.2, -0.15) is 0 Å². The van der Waals surface area contributed by atoms with E-state index in [9.17, 15) is 9.59 Å². The van der Waals surface area contributed by atoms with Crippen LogP contribution in [0.2, 0.25) is 0 Å². The molecule has 2 fully saturated rings. The first-order chi connectivity index (χ1) is 11.0. The maximum absolute atomic E-state index is 12.3. The molecule has 2 rings (SSSR count). The van der Waals surface area contributed by atoms with Gasteiger partial charge in [-0.1, -0.05) is 12.2 Å². The molecule has 0 bridgehead atoms. The van der Waals surface area contributed by atoms with E-state index in [4.69, 9.17) is 0 Å². The van der Waals surface area contributed by atoms with E-state index in [1.165, 1.54) is 0 Å². The summed E-state index contributed by atoms with van der Waals surface area (Å²) < 4.78 is 0. The second-order valence-electron chi connectivity index (χ2n) is 7.31. The number of nitrogens with zero attached hydrogens (tertiary/aromatic N) is 3. The number of carbonyl (C=O) groups is 2. The highest BCUT2D eigenvalue weighted by molar-refractivity contribution is 5.78. The van der Waals surface area contributed by atoms with Crippen molar-refractivity contribution in [2.45, 2.75) is 39.0 Å². The molecule has 2 heterocycles. The van der Waals surface area contributed by atoms with E-state index in [2.05, 4.69) is 4.90 Å². The minimum Gasteiger partial charge on any atom is -0.342 e. The van der Waals surface area contributed by atoms with Crippen molar-refractivity contribution in [2.24, 2.45) is 5.41 Å². The van der Waals surface area contributed by atoms with Crippen LogP contribution >= 0.6 is 0 Å². The van der Waals surface area contributed by atoms with Crippen molar-refractivity contribution in [3.05, 3.63) is 12.2 Å². The Morgan fingerprint density at radius 2 is 2.09 bits per heavy atom. The van der Waals surface area contributed by atoms with Crippen molar-refractivity contribution in [1.29, 1.82) is 0 Å². The number of likely N-dealkylation sites (tertiary alicyclic amines) is 2. The summed E-state index contributed by atoms with van der Waals surface area (Å²) in [6, 6.07) is 0. The molecule has 5 heteroatoms. The van der Waals surface area contributed by atoms with Gasteiger partial charge in [-0.05, 0) is 40.3 Å². The van der Waals surface area contributed by atoms with Gasteiger partial charge in [0.05, 0.1) is 0 Å². The normalized spacial score (nSPS) is 25.8. The van der Waals surface area contributed by atoms with Gasteiger partial charge in [-0.3, -0.25) is 9.59 Å². The number of hydrogen-bond donors (Lipinski definition) is 0. The molecule has 1 atom stereocenters. The van der Waals surface area contributed by atoms with Gasteiger partial charge < -0.3 is 14.7 Å². The van der Waals surface area contributed by atoms with Crippen LogP contribution in [0.25, 0.3) is 0 Å². The van der Waals surface area contributed by atoms with Gasteiger partial charge in [0, 0.05) is 51.0 Å². The summed E-state index contributed by atoms with van der Waals surface area (Å²) >= 11 is 0. The first-order valence-corrected chi connectivity index (χ1v) is 8.77. The Labute approximate surface area is 140 Å². The summed E-state index contributed by atoms with van der Waals surface area (Å²) in [4.78, 5) is 30.7. The molecule has 0 radical (unpaired) electrons. The van der Waals surface area contributed by atoms with Crippen molar-refractivity contribution >= 4 is 11.8 Å². The number of allylic oxidation sites excluding steroid dienone is 1. The Hall–Kier alpha value is -1.36. The average molecular weight is 321 g/mol. The van der Waals surface area contributed by atoms with Crippen LogP contribution in [0.15, 0.2) is 12.2 Å². The molecule has 2 aliphatic heterocycles. The van der Waals surface area contributed by atoms with E-state index in [1.807, 2.05) is 43.0 Å². The summed E-state index contributed by atoms with van der Waals surface area (Å²) in [6.45, 7) is 6.12. The monoisotopic (exact) mass is 321 g/mol. The van der Waals surface area contributed by atoms with Crippen LogP contribution in [0.4, 0.5) is 0 Å². The predicted molar refractivity (Wildman–Crippen MR) is 92.0 cm³/mol. The second-order valence-corrected chi connectivity index (χ2v) is 7.31. The Kier molecular flexibility index (Phi) is 6.22. The lowest BCUT2D eigenvalue weighted by Gasteiger charge is -2.48. The van der Waals surface area contributed by atoms with E-state index < -0.39 is 0 Å². The van der Waals surface area contributed by atoms with Crippen molar-refractivity contribution in [3.8, 4) is 0 Å². The summed E-state index contributed by atoms with van der Waals surface area (Å²) in [6.07, 6.45) is 8.10. The molecule has 0 N–H and O–H groups in total. The molecule has 2 aliphatic rings. The number of amides is 2. The molecule has 0 unspecified atom stereocenters. The minimum absolute atomic E-state index is 0.115. The SMILES string of the molecule is C/C=C/CC(=O)N1CCC[C@]2(CCC(=O)N(CCN(C)C)C2)C1. The minimum atomic E-state index is 0.115. The van der Waals surface area contributed by atoms with E-state index in [1.54, 1.807) is 0 Å². The smallest absolute Gasteiger partial charge is 0.226 e. The van der Waals surface area contributed by atoms with Crippen molar-refractivity contribution in [3.63, 3.8) is 0 Å². The van der Waals surface area contributed by atoms with E-state index in [0.29, 0.717) is 12.8 Å². The van der Waals surface area contributed by atoms with Crippen LogP contribution in [-0.2, 0) is 9.59 Å². The van der Waals surface area contributed by atoms with Gasteiger partial charge in [0.15, 0.2) is 0 Å². The first kappa shape index (κ1) is 18.0.